The molecular weight excluding hydrogens is 173 g/mol. The average molecular weight is 192 g/mol. The predicted octanol–water partition coefficient (Wildman–Crippen LogP) is 2.42. The van der Waals surface area contributed by atoms with Crippen molar-refractivity contribution in [3.8, 4) is 0 Å². The van der Waals surface area contributed by atoms with Gasteiger partial charge in [0.2, 0.25) is 0 Å². The molecule has 68 valence electrons. The molecule has 0 aromatic carbocycles. The minimum Gasteiger partial charge on any atom is -0.390 e. The van der Waals surface area contributed by atoms with Gasteiger partial charge in [0.25, 0.3) is 0 Å². The Labute approximate surface area is 75.8 Å². The largest absolute Gasteiger partial charge is 0.390 e. The molecule has 0 aliphatic carbocycles. The van der Waals surface area contributed by atoms with Gasteiger partial charge in [-0.05, 0) is 19.8 Å². The Kier molecular flexibility index (Phi) is 17.1. The first-order valence-electron chi connectivity index (χ1n) is 2.67. The summed E-state index contributed by atoms with van der Waals surface area (Å²) in [7, 11) is 0. The summed E-state index contributed by atoms with van der Waals surface area (Å²) in [6.07, 6.45) is 0. The Hall–Kier alpha value is 0.500. The first-order chi connectivity index (χ1) is 2.94. The lowest BCUT2D eigenvalue weighted by atomic mass is 9.95. The third-order valence-corrected chi connectivity index (χ3v) is 1.41. The van der Waals surface area contributed by atoms with Gasteiger partial charge in [0.15, 0.2) is 0 Å². The van der Waals surface area contributed by atoms with Crippen LogP contribution in [0.5, 0.6) is 0 Å². The highest BCUT2D eigenvalue weighted by molar-refractivity contribution is 5.85. The molecular formula is C6H19Cl2NO. The van der Waals surface area contributed by atoms with Gasteiger partial charge in [0.1, 0.15) is 0 Å². The second kappa shape index (κ2) is 7.61. The van der Waals surface area contributed by atoms with Crippen LogP contribution in [-0.4, -0.2) is 10.7 Å². The Balaban J connectivity index is -0.0000000600. The normalized spacial score (nSPS) is 9.00. The van der Waals surface area contributed by atoms with Crippen LogP contribution < -0.4 is 6.15 Å². The van der Waals surface area contributed by atoms with Gasteiger partial charge in [0, 0.05) is 0 Å². The van der Waals surface area contributed by atoms with Crippen LogP contribution in [-0.2, 0) is 0 Å². The Morgan fingerprint density at radius 1 is 1.10 bits per heavy atom. The number of hydrogen-bond acceptors (Lipinski definition) is 2. The summed E-state index contributed by atoms with van der Waals surface area (Å²) >= 11 is 0. The molecule has 2 nitrogen and oxygen atoms in total. The van der Waals surface area contributed by atoms with Crippen molar-refractivity contribution in [3.05, 3.63) is 0 Å². The fraction of sp³-hybridized carbons (Fsp3) is 1.00. The number of aliphatic hydroxyl groups is 1. The van der Waals surface area contributed by atoms with Crippen molar-refractivity contribution in [1.29, 1.82) is 0 Å². The van der Waals surface area contributed by atoms with Crippen LogP contribution >= 0.6 is 24.8 Å². The van der Waals surface area contributed by atoms with E-state index < -0.39 is 5.60 Å². The lowest BCUT2D eigenvalue weighted by Crippen LogP contribution is -2.25. The predicted molar refractivity (Wildman–Crippen MR) is 50.7 cm³/mol. The summed E-state index contributed by atoms with van der Waals surface area (Å²) in [5.74, 6) is 0.354. The molecule has 0 aliphatic rings. The molecule has 0 heterocycles. The summed E-state index contributed by atoms with van der Waals surface area (Å²) in [6.45, 7) is 7.63. The maximum absolute atomic E-state index is 9.09. The van der Waals surface area contributed by atoms with E-state index in [4.69, 9.17) is 5.11 Å². The summed E-state index contributed by atoms with van der Waals surface area (Å²) in [5, 5.41) is 9.09. The van der Waals surface area contributed by atoms with E-state index in [1.54, 1.807) is 0 Å². The zero-order valence-electron chi connectivity index (χ0n) is 7.05. The van der Waals surface area contributed by atoms with Gasteiger partial charge < -0.3 is 11.3 Å². The van der Waals surface area contributed by atoms with E-state index in [9.17, 15) is 0 Å². The summed E-state index contributed by atoms with van der Waals surface area (Å²) in [6, 6.07) is 0. The van der Waals surface area contributed by atoms with E-state index in [-0.39, 0.29) is 31.0 Å². The van der Waals surface area contributed by atoms with Crippen LogP contribution in [0.15, 0.2) is 0 Å². The second-order valence-corrected chi connectivity index (χ2v) is 2.81. The Morgan fingerprint density at radius 2 is 1.20 bits per heavy atom. The molecule has 0 rings (SSSR count). The number of halogens is 2. The van der Waals surface area contributed by atoms with Crippen molar-refractivity contribution >= 4 is 24.8 Å². The molecule has 0 fully saturated rings. The molecule has 0 aliphatic heterocycles. The number of hydrogen-bond donors (Lipinski definition) is 2. The van der Waals surface area contributed by atoms with Crippen molar-refractivity contribution in [2.24, 2.45) is 5.92 Å². The molecule has 0 aromatic rings. The molecule has 0 radical (unpaired) electrons. The van der Waals surface area contributed by atoms with E-state index >= 15 is 0 Å². The average Bonchev–Trinajstić information content (AvgIpc) is 1.31. The highest BCUT2D eigenvalue weighted by Gasteiger charge is 2.16. The van der Waals surface area contributed by atoms with E-state index in [0.29, 0.717) is 5.92 Å². The van der Waals surface area contributed by atoms with Gasteiger partial charge in [0.05, 0.1) is 5.60 Å². The standard InChI is InChI=1S/C6H14O.2ClH.H3N/c1-5(2)6(3,4)7;;;/h5,7H,1-4H3;2*1H;1H3. The van der Waals surface area contributed by atoms with Crippen LogP contribution in [0.2, 0.25) is 0 Å². The Bertz CT molecular complexity index is 61.3. The van der Waals surface area contributed by atoms with Crippen molar-refractivity contribution < 1.29 is 5.11 Å². The fourth-order valence-corrected chi connectivity index (χ4v) is 0. The quantitative estimate of drug-likeness (QED) is 0.670. The van der Waals surface area contributed by atoms with E-state index in [1.165, 1.54) is 0 Å². The van der Waals surface area contributed by atoms with Crippen LogP contribution in [0, 0.1) is 5.92 Å². The van der Waals surface area contributed by atoms with Crippen molar-refractivity contribution in [3.63, 3.8) is 0 Å². The van der Waals surface area contributed by atoms with Crippen LogP contribution in [0.25, 0.3) is 0 Å². The lowest BCUT2D eigenvalue weighted by Gasteiger charge is -2.21. The zero-order chi connectivity index (χ0) is 6.08. The van der Waals surface area contributed by atoms with Crippen LogP contribution in [0.4, 0.5) is 0 Å². The SMILES string of the molecule is CC(C)C(C)(C)O.Cl.Cl.N. The molecule has 4 N–H and O–H groups in total. The highest BCUT2D eigenvalue weighted by atomic mass is 35.5. The molecule has 0 amide bonds. The van der Waals surface area contributed by atoms with Crippen molar-refractivity contribution in [1.82, 2.24) is 6.15 Å². The minimum atomic E-state index is -0.500. The molecule has 0 bridgehead atoms. The van der Waals surface area contributed by atoms with Gasteiger partial charge in [-0.2, -0.15) is 0 Å². The van der Waals surface area contributed by atoms with Gasteiger partial charge >= 0.3 is 0 Å². The molecule has 0 aromatic heterocycles. The smallest absolute Gasteiger partial charge is 0.0614 e. The van der Waals surface area contributed by atoms with Gasteiger partial charge in [-0.3, -0.25) is 0 Å². The maximum Gasteiger partial charge on any atom is 0.0614 e. The first kappa shape index (κ1) is 22.4. The van der Waals surface area contributed by atoms with Crippen molar-refractivity contribution in [2.75, 3.05) is 0 Å². The van der Waals surface area contributed by atoms with Gasteiger partial charge in [-0.1, -0.05) is 13.8 Å². The molecule has 0 spiro atoms. The summed E-state index contributed by atoms with van der Waals surface area (Å²) < 4.78 is 0. The third-order valence-electron chi connectivity index (χ3n) is 1.41. The molecule has 0 atom stereocenters. The zero-order valence-corrected chi connectivity index (χ0v) is 8.68. The van der Waals surface area contributed by atoms with Crippen molar-refractivity contribution in [2.45, 2.75) is 33.3 Å². The van der Waals surface area contributed by atoms with E-state index in [2.05, 4.69) is 0 Å². The fourth-order valence-electron chi connectivity index (χ4n) is 0. The number of rotatable bonds is 1. The minimum absolute atomic E-state index is 0. The Morgan fingerprint density at radius 3 is 1.20 bits per heavy atom. The molecule has 4 heteroatoms. The first-order valence-corrected chi connectivity index (χ1v) is 2.67. The second-order valence-electron chi connectivity index (χ2n) is 2.81. The summed E-state index contributed by atoms with van der Waals surface area (Å²) in [5.41, 5.74) is -0.500. The van der Waals surface area contributed by atoms with E-state index in [1.807, 2.05) is 27.7 Å². The molecule has 0 unspecified atom stereocenters. The summed E-state index contributed by atoms with van der Waals surface area (Å²) in [4.78, 5) is 0. The van der Waals surface area contributed by atoms with Crippen LogP contribution in [0.3, 0.4) is 0 Å². The lowest BCUT2D eigenvalue weighted by molar-refractivity contribution is 0.0327. The molecule has 0 saturated heterocycles. The van der Waals surface area contributed by atoms with Gasteiger partial charge in [-0.25, -0.2) is 0 Å². The van der Waals surface area contributed by atoms with Gasteiger partial charge in [-0.15, -0.1) is 24.8 Å². The topological polar surface area (TPSA) is 55.2 Å². The third kappa shape index (κ3) is 11.3. The maximum atomic E-state index is 9.09. The molecule has 10 heavy (non-hydrogen) atoms. The van der Waals surface area contributed by atoms with E-state index in [0.717, 1.165) is 0 Å². The molecule has 0 saturated carbocycles. The monoisotopic (exact) mass is 191 g/mol. The van der Waals surface area contributed by atoms with Crippen LogP contribution in [0.1, 0.15) is 27.7 Å². The highest BCUT2D eigenvalue weighted by Crippen LogP contribution is 2.12.